The van der Waals surface area contributed by atoms with Crippen LogP contribution >= 0.6 is 0 Å². The molecular formula is C36H42N10O4. The number of methoxy groups -OCH3 is 1. The first-order valence-corrected chi connectivity index (χ1v) is 17.3. The molecule has 0 radical (unpaired) electrons. The predicted octanol–water partition coefficient (Wildman–Crippen LogP) is 3.60. The minimum absolute atomic E-state index is 0.174. The topological polar surface area (TPSA) is 137 Å². The molecule has 50 heavy (non-hydrogen) atoms. The second kappa shape index (κ2) is 12.7. The van der Waals surface area contributed by atoms with Crippen molar-refractivity contribution in [3.63, 3.8) is 0 Å². The molecule has 0 saturated carbocycles. The van der Waals surface area contributed by atoms with E-state index in [1.807, 2.05) is 50.2 Å². The van der Waals surface area contributed by atoms with Crippen LogP contribution in [0.25, 0.3) is 16.8 Å². The molecule has 4 atom stereocenters. The zero-order chi connectivity index (χ0) is 34.6. The summed E-state index contributed by atoms with van der Waals surface area (Å²) in [5.41, 5.74) is 3.20. The number of hydrogen-bond acceptors (Lipinski definition) is 12. The molecule has 260 valence electrons. The van der Waals surface area contributed by atoms with E-state index in [1.165, 1.54) is 12.0 Å². The maximum absolute atomic E-state index is 12.7. The summed E-state index contributed by atoms with van der Waals surface area (Å²) >= 11 is 0. The number of amides is 1. The van der Waals surface area contributed by atoms with Crippen molar-refractivity contribution in [2.24, 2.45) is 0 Å². The van der Waals surface area contributed by atoms with Gasteiger partial charge in [0.1, 0.15) is 29.8 Å². The van der Waals surface area contributed by atoms with Crippen molar-refractivity contribution < 1.29 is 19.0 Å². The quantitative estimate of drug-likeness (QED) is 0.256. The molecule has 6 fully saturated rings. The maximum atomic E-state index is 12.7. The summed E-state index contributed by atoms with van der Waals surface area (Å²) in [4.78, 5) is 35.8. The van der Waals surface area contributed by atoms with Gasteiger partial charge in [-0.1, -0.05) is 6.07 Å². The third-order valence-electron chi connectivity index (χ3n) is 10.2. The first-order valence-electron chi connectivity index (χ1n) is 17.3. The van der Waals surface area contributed by atoms with Crippen LogP contribution in [0.15, 0.2) is 49.2 Å². The lowest BCUT2D eigenvalue weighted by atomic mass is 9.87. The highest BCUT2D eigenvalue weighted by molar-refractivity contribution is 5.83. The third kappa shape index (κ3) is 6.16. The van der Waals surface area contributed by atoms with Crippen molar-refractivity contribution in [3.8, 4) is 29.0 Å². The SMILES string of the molecule is COc1ccc(CN2C3CC2CN(c2cnc(-c4cc(OCCN5CC6CC(C5)N6C(=O)OC(C)(C)C)cn5ncc(C#N)c45)cn2)C3)cn1. The van der Waals surface area contributed by atoms with Crippen LogP contribution in [-0.4, -0.2) is 122 Å². The van der Waals surface area contributed by atoms with Crippen molar-refractivity contribution >= 4 is 17.4 Å². The molecule has 14 nitrogen and oxygen atoms in total. The normalized spacial score (nSPS) is 23.2. The molecule has 0 aromatic carbocycles. The van der Waals surface area contributed by atoms with Crippen LogP contribution in [0.4, 0.5) is 10.6 Å². The molecule has 4 aromatic rings. The molecule has 0 spiro atoms. The molecule has 0 N–H and O–H groups in total. The summed E-state index contributed by atoms with van der Waals surface area (Å²) in [6.07, 6.45) is 10.8. The number of aromatic nitrogens is 5. The van der Waals surface area contributed by atoms with Gasteiger partial charge in [-0.2, -0.15) is 10.4 Å². The van der Waals surface area contributed by atoms with Crippen LogP contribution in [0.2, 0.25) is 0 Å². The Morgan fingerprint density at radius 1 is 0.980 bits per heavy atom. The number of hydrogen-bond donors (Lipinski definition) is 0. The van der Waals surface area contributed by atoms with E-state index in [1.54, 1.807) is 30.2 Å². The number of carbonyl (C=O) groups is 1. The Morgan fingerprint density at radius 3 is 2.42 bits per heavy atom. The largest absolute Gasteiger partial charge is 0.491 e. The Kier molecular flexibility index (Phi) is 8.19. The summed E-state index contributed by atoms with van der Waals surface area (Å²) in [7, 11) is 1.63. The number of rotatable bonds is 9. The second-order valence-corrected chi connectivity index (χ2v) is 14.7. The number of piperidine rings is 2. The van der Waals surface area contributed by atoms with Gasteiger partial charge >= 0.3 is 6.09 Å². The van der Waals surface area contributed by atoms with Gasteiger partial charge in [-0.05, 0) is 45.2 Å². The van der Waals surface area contributed by atoms with E-state index in [4.69, 9.17) is 24.2 Å². The molecular weight excluding hydrogens is 636 g/mol. The molecule has 1 amide bonds. The number of ether oxygens (including phenoxy) is 3. The monoisotopic (exact) mass is 678 g/mol. The summed E-state index contributed by atoms with van der Waals surface area (Å²) in [6, 6.07) is 9.42. The minimum Gasteiger partial charge on any atom is -0.491 e. The number of fused-ring (bicyclic) bond motifs is 5. The van der Waals surface area contributed by atoms with Crippen molar-refractivity contribution in [2.75, 3.05) is 51.3 Å². The molecule has 6 aliphatic rings. The first-order chi connectivity index (χ1) is 24.2. The Labute approximate surface area is 291 Å². The van der Waals surface area contributed by atoms with Crippen LogP contribution in [0.1, 0.15) is 44.7 Å². The molecule has 0 aliphatic carbocycles. The number of nitrogens with zero attached hydrogens (tertiary/aromatic N) is 10. The van der Waals surface area contributed by atoms with Gasteiger partial charge in [-0.15, -0.1) is 0 Å². The minimum atomic E-state index is -0.502. The van der Waals surface area contributed by atoms with E-state index in [2.05, 4.69) is 36.9 Å². The van der Waals surface area contributed by atoms with Gasteiger partial charge in [-0.3, -0.25) is 19.7 Å². The van der Waals surface area contributed by atoms with Crippen LogP contribution < -0.4 is 14.4 Å². The number of pyridine rings is 2. The molecule has 4 bridgehead atoms. The van der Waals surface area contributed by atoms with Crippen LogP contribution in [0, 0.1) is 11.3 Å². The molecule has 4 aromatic heterocycles. The van der Waals surface area contributed by atoms with Crippen LogP contribution in [0.5, 0.6) is 11.6 Å². The Morgan fingerprint density at radius 2 is 1.76 bits per heavy atom. The first kappa shape index (κ1) is 32.2. The van der Waals surface area contributed by atoms with Crippen molar-refractivity contribution in [1.29, 1.82) is 5.26 Å². The standard InChI is InChI=1S/C36H42N10O4/c1-36(2,3)50-35(47)46-27-10-28(46)19-42(18-27)7-8-49-29-11-30(34-24(12-37)14-41-45(34)22-29)31-15-39-32(16-38-31)43-20-25-9-26(21-43)44(25)17-23-5-6-33(48-4)40-13-23/h5-6,11,13-16,22,25-28H,7-10,17-21H2,1-4H3. The average Bonchev–Trinajstić information content (AvgIpc) is 3.53. The van der Waals surface area contributed by atoms with Gasteiger partial charge in [0.25, 0.3) is 0 Å². The zero-order valence-corrected chi connectivity index (χ0v) is 28.9. The summed E-state index contributed by atoms with van der Waals surface area (Å²) in [5.74, 6) is 2.10. The van der Waals surface area contributed by atoms with Crippen molar-refractivity contribution in [1.82, 2.24) is 39.3 Å². The Hall–Kier alpha value is -5.00. The van der Waals surface area contributed by atoms with E-state index in [0.29, 0.717) is 47.1 Å². The predicted molar refractivity (Wildman–Crippen MR) is 184 cm³/mol. The lowest BCUT2D eigenvalue weighted by Crippen LogP contribution is -2.70. The second-order valence-electron chi connectivity index (χ2n) is 14.7. The smallest absolute Gasteiger partial charge is 0.410 e. The molecule has 4 unspecified atom stereocenters. The highest BCUT2D eigenvalue weighted by Gasteiger charge is 2.48. The summed E-state index contributed by atoms with van der Waals surface area (Å²) in [5, 5.41) is 14.3. The zero-order valence-electron chi connectivity index (χ0n) is 28.9. The molecule has 10 heterocycles. The highest BCUT2D eigenvalue weighted by Crippen LogP contribution is 2.37. The Balaban J connectivity index is 0.907. The highest BCUT2D eigenvalue weighted by atomic mass is 16.6. The van der Waals surface area contributed by atoms with E-state index in [9.17, 15) is 10.1 Å². The van der Waals surface area contributed by atoms with E-state index in [-0.39, 0.29) is 18.2 Å². The lowest BCUT2D eigenvalue weighted by Gasteiger charge is -2.56. The summed E-state index contributed by atoms with van der Waals surface area (Å²) < 4.78 is 18.7. The van der Waals surface area contributed by atoms with E-state index in [0.717, 1.165) is 57.1 Å². The van der Waals surface area contributed by atoms with Crippen LogP contribution in [0.3, 0.4) is 0 Å². The van der Waals surface area contributed by atoms with Gasteiger partial charge in [-0.25, -0.2) is 19.3 Å². The third-order valence-corrected chi connectivity index (χ3v) is 10.2. The van der Waals surface area contributed by atoms with Gasteiger partial charge in [0.15, 0.2) is 0 Å². The van der Waals surface area contributed by atoms with E-state index >= 15 is 0 Å². The van der Waals surface area contributed by atoms with Crippen molar-refractivity contribution in [2.45, 2.75) is 69.9 Å². The number of carbonyl (C=O) groups excluding carboxylic acids is 1. The lowest BCUT2D eigenvalue weighted by molar-refractivity contribution is -0.0777. The average molecular weight is 679 g/mol. The Bertz CT molecular complexity index is 1890. The fourth-order valence-corrected chi connectivity index (χ4v) is 7.83. The molecule has 10 rings (SSSR count). The molecule has 6 aliphatic heterocycles. The number of nitriles is 1. The van der Waals surface area contributed by atoms with E-state index < -0.39 is 5.60 Å². The maximum Gasteiger partial charge on any atom is 0.410 e. The van der Waals surface area contributed by atoms with Gasteiger partial charge in [0, 0.05) is 69.2 Å². The number of anilines is 1. The van der Waals surface area contributed by atoms with Crippen LogP contribution in [-0.2, 0) is 11.3 Å². The van der Waals surface area contributed by atoms with Crippen molar-refractivity contribution in [3.05, 3.63) is 60.3 Å². The van der Waals surface area contributed by atoms with Gasteiger partial charge in [0.2, 0.25) is 5.88 Å². The fourth-order valence-electron chi connectivity index (χ4n) is 7.83. The van der Waals surface area contributed by atoms with Gasteiger partial charge < -0.3 is 19.1 Å². The molecule has 14 heteroatoms. The van der Waals surface area contributed by atoms with Gasteiger partial charge in [0.05, 0.1) is 60.8 Å². The fraction of sp³-hybridized carbons (Fsp3) is 0.500. The number of piperazine rings is 2. The molecule has 6 saturated heterocycles. The summed E-state index contributed by atoms with van der Waals surface area (Å²) in [6.45, 7) is 11.1.